The predicted molar refractivity (Wildman–Crippen MR) is 213 cm³/mol. The highest BCUT2D eigenvalue weighted by Crippen LogP contribution is 2.22. The average Bonchev–Trinajstić information content (AvgIpc) is 3.58. The Morgan fingerprint density at radius 2 is 1.32 bits per heavy atom. The van der Waals surface area contributed by atoms with E-state index in [9.17, 15) is 33.9 Å². The molecule has 0 aliphatic heterocycles. The normalized spacial score (nSPS) is 13.0. The standard InChI is InChI=1S/C43H46N6O8/c1-29(51)39(47-38(52)24-44-43(56)57-27-32-18-10-5-11-19-32)41(54)45-35(23-33-26-49(28-50)37-21-13-12-20-34(33)37)40(53)46-36(22-30-14-6-3-7-15-30)42(55)48(2)25-31-16-8-4-9-17-31/h3-21,26,28-29,35-36,39,51H,22-25,27H2,1-2H3,(H,44,56)(H,45,54)(H,46,53)(H,47,52)/t29-,35-,36+,39+/m1/s1. The fourth-order valence-corrected chi connectivity index (χ4v) is 6.30. The van der Waals surface area contributed by atoms with Crippen LogP contribution in [0.4, 0.5) is 4.79 Å². The number of amides is 5. The predicted octanol–water partition coefficient (Wildman–Crippen LogP) is 2.89. The van der Waals surface area contributed by atoms with Gasteiger partial charge in [-0.1, -0.05) is 109 Å². The number of nitrogens with zero attached hydrogens (tertiary/aromatic N) is 2. The molecule has 1 heterocycles. The van der Waals surface area contributed by atoms with Crippen molar-refractivity contribution in [1.82, 2.24) is 30.7 Å². The number of likely N-dealkylation sites (N-methyl/N-ethyl adjacent to an activating group) is 1. The molecule has 0 saturated carbocycles. The van der Waals surface area contributed by atoms with Gasteiger partial charge in [0.15, 0.2) is 0 Å². The third kappa shape index (κ3) is 11.8. The highest BCUT2D eigenvalue weighted by Gasteiger charge is 2.33. The van der Waals surface area contributed by atoms with Crippen molar-refractivity contribution < 1.29 is 38.6 Å². The molecule has 5 N–H and O–H groups in total. The molecule has 4 atom stereocenters. The molecule has 4 aromatic carbocycles. The molecule has 0 bridgehead atoms. The summed E-state index contributed by atoms with van der Waals surface area (Å²) in [5, 5.41) is 21.5. The molecule has 0 spiro atoms. The number of para-hydroxylation sites is 1. The maximum Gasteiger partial charge on any atom is 0.407 e. The Bertz CT molecular complexity index is 2140. The fraction of sp³-hybridized carbons (Fsp3) is 0.256. The molecular formula is C43H46N6O8. The van der Waals surface area contributed by atoms with Crippen molar-refractivity contribution >= 4 is 47.0 Å². The number of carbonyl (C=O) groups is 6. The van der Waals surface area contributed by atoms with Crippen LogP contribution < -0.4 is 21.3 Å². The third-order valence-electron chi connectivity index (χ3n) is 9.22. The van der Waals surface area contributed by atoms with Gasteiger partial charge in [0.1, 0.15) is 31.3 Å². The Kier molecular flexibility index (Phi) is 14.7. The highest BCUT2D eigenvalue weighted by molar-refractivity contribution is 5.96. The van der Waals surface area contributed by atoms with Gasteiger partial charge in [-0.15, -0.1) is 0 Å². The Morgan fingerprint density at radius 1 is 0.737 bits per heavy atom. The minimum absolute atomic E-state index is 0.0247. The fourth-order valence-electron chi connectivity index (χ4n) is 6.30. The molecule has 5 aromatic rings. The zero-order valence-electron chi connectivity index (χ0n) is 31.7. The van der Waals surface area contributed by atoms with Crippen LogP contribution in [-0.4, -0.2) is 88.5 Å². The quantitative estimate of drug-likeness (QED) is 0.0841. The molecule has 1 aromatic heterocycles. The summed E-state index contributed by atoms with van der Waals surface area (Å²) in [4.78, 5) is 80.8. The number of aliphatic hydroxyl groups is 1. The van der Waals surface area contributed by atoms with Crippen LogP contribution in [0.2, 0.25) is 0 Å². The monoisotopic (exact) mass is 774 g/mol. The maximum atomic E-state index is 14.4. The van der Waals surface area contributed by atoms with Crippen molar-refractivity contribution in [3.63, 3.8) is 0 Å². The SMILES string of the molecule is C[C@@H](O)[C@H](NC(=O)CNC(=O)OCc1ccccc1)C(=O)N[C@H](Cc1cn(C=O)c2ccccc12)C(=O)N[C@@H](Cc1ccccc1)C(=O)N(C)Cc1ccccc1. The molecule has 0 radical (unpaired) electrons. The second-order valence-corrected chi connectivity index (χ2v) is 13.6. The van der Waals surface area contributed by atoms with Gasteiger partial charge >= 0.3 is 6.09 Å². The van der Waals surface area contributed by atoms with E-state index in [0.29, 0.717) is 22.9 Å². The molecule has 14 nitrogen and oxygen atoms in total. The zero-order chi connectivity index (χ0) is 40.7. The molecule has 14 heteroatoms. The first kappa shape index (κ1) is 41.4. The van der Waals surface area contributed by atoms with Gasteiger partial charge < -0.3 is 36.0 Å². The lowest BCUT2D eigenvalue weighted by Crippen LogP contribution is -2.60. The minimum Gasteiger partial charge on any atom is -0.445 e. The second kappa shape index (κ2) is 20.2. The molecular weight excluding hydrogens is 729 g/mol. The molecule has 0 unspecified atom stereocenters. The van der Waals surface area contributed by atoms with Crippen LogP contribution in [-0.2, 0) is 54.7 Å². The summed E-state index contributed by atoms with van der Waals surface area (Å²) < 4.78 is 6.49. The van der Waals surface area contributed by atoms with E-state index in [1.165, 1.54) is 16.4 Å². The number of carbonyl (C=O) groups excluding carboxylic acids is 6. The Hall–Kier alpha value is -6.80. The largest absolute Gasteiger partial charge is 0.445 e. The molecule has 0 aliphatic rings. The van der Waals surface area contributed by atoms with Crippen LogP contribution >= 0.6 is 0 Å². The van der Waals surface area contributed by atoms with E-state index in [4.69, 9.17) is 4.74 Å². The maximum absolute atomic E-state index is 14.4. The van der Waals surface area contributed by atoms with Crippen LogP contribution in [0.1, 0.15) is 29.2 Å². The van der Waals surface area contributed by atoms with Gasteiger partial charge in [0.25, 0.3) is 0 Å². The van der Waals surface area contributed by atoms with E-state index in [2.05, 4.69) is 21.3 Å². The van der Waals surface area contributed by atoms with Crippen molar-refractivity contribution in [3.8, 4) is 0 Å². The summed E-state index contributed by atoms with van der Waals surface area (Å²) in [6.07, 6.45) is -0.101. The Balaban J connectivity index is 1.35. The summed E-state index contributed by atoms with van der Waals surface area (Å²) in [6, 6.07) is 30.6. The van der Waals surface area contributed by atoms with Gasteiger partial charge in [-0.3, -0.25) is 28.5 Å². The molecule has 5 rings (SSSR count). The molecule has 57 heavy (non-hydrogen) atoms. The van der Waals surface area contributed by atoms with Gasteiger partial charge in [0.05, 0.1) is 11.6 Å². The van der Waals surface area contributed by atoms with Crippen LogP contribution in [0.25, 0.3) is 10.9 Å². The molecule has 0 fully saturated rings. The summed E-state index contributed by atoms with van der Waals surface area (Å²) >= 11 is 0. The number of benzene rings is 4. The van der Waals surface area contributed by atoms with Crippen LogP contribution in [0, 0.1) is 0 Å². The zero-order valence-corrected chi connectivity index (χ0v) is 31.7. The lowest BCUT2D eigenvalue weighted by Gasteiger charge is -2.28. The van der Waals surface area contributed by atoms with Crippen molar-refractivity contribution in [3.05, 3.63) is 144 Å². The van der Waals surface area contributed by atoms with E-state index in [1.807, 2.05) is 66.7 Å². The van der Waals surface area contributed by atoms with Crippen molar-refractivity contribution in [2.75, 3.05) is 13.6 Å². The number of aliphatic hydroxyl groups excluding tert-OH is 1. The lowest BCUT2D eigenvalue weighted by molar-refractivity contribution is -0.137. The van der Waals surface area contributed by atoms with Crippen molar-refractivity contribution in [2.45, 2.75) is 57.1 Å². The van der Waals surface area contributed by atoms with Crippen molar-refractivity contribution in [1.29, 1.82) is 0 Å². The van der Waals surface area contributed by atoms with Gasteiger partial charge in [0, 0.05) is 38.0 Å². The molecule has 296 valence electrons. The Labute approximate surface area is 330 Å². The number of rotatable bonds is 18. The van der Waals surface area contributed by atoms with Gasteiger partial charge in [0.2, 0.25) is 30.0 Å². The van der Waals surface area contributed by atoms with Gasteiger partial charge in [-0.05, 0) is 35.2 Å². The number of ether oxygens (including phenoxy) is 1. The van der Waals surface area contributed by atoms with E-state index >= 15 is 0 Å². The number of hydrogen-bond donors (Lipinski definition) is 5. The molecule has 0 aliphatic carbocycles. The lowest BCUT2D eigenvalue weighted by atomic mass is 10.0. The topological polar surface area (TPSA) is 188 Å². The summed E-state index contributed by atoms with van der Waals surface area (Å²) in [5.41, 5.74) is 3.54. The van der Waals surface area contributed by atoms with Crippen molar-refractivity contribution in [2.24, 2.45) is 0 Å². The summed E-state index contributed by atoms with van der Waals surface area (Å²) in [7, 11) is 1.64. The number of aromatic nitrogens is 1. The highest BCUT2D eigenvalue weighted by atomic mass is 16.5. The van der Waals surface area contributed by atoms with Crippen LogP contribution in [0.3, 0.4) is 0 Å². The number of alkyl carbamates (subject to hydrolysis) is 1. The minimum atomic E-state index is -1.55. The summed E-state index contributed by atoms with van der Waals surface area (Å²) in [6.45, 7) is 0.972. The smallest absolute Gasteiger partial charge is 0.407 e. The Morgan fingerprint density at radius 3 is 1.95 bits per heavy atom. The molecule has 0 saturated heterocycles. The number of hydrogen-bond acceptors (Lipinski definition) is 8. The number of fused-ring (bicyclic) bond motifs is 1. The summed E-state index contributed by atoms with van der Waals surface area (Å²) in [5.74, 6) is -2.80. The van der Waals surface area contributed by atoms with Crippen LogP contribution in [0.5, 0.6) is 0 Å². The number of nitrogens with one attached hydrogen (secondary N) is 4. The van der Waals surface area contributed by atoms with E-state index in [-0.39, 0.29) is 31.9 Å². The van der Waals surface area contributed by atoms with E-state index in [1.54, 1.807) is 61.8 Å². The van der Waals surface area contributed by atoms with Gasteiger partial charge in [-0.25, -0.2) is 4.79 Å². The average molecular weight is 775 g/mol. The third-order valence-corrected chi connectivity index (χ3v) is 9.22. The van der Waals surface area contributed by atoms with E-state index < -0.39 is 54.6 Å². The van der Waals surface area contributed by atoms with Gasteiger partial charge in [-0.2, -0.15) is 0 Å². The molecule has 5 amide bonds. The first-order chi connectivity index (χ1) is 27.5. The first-order valence-electron chi connectivity index (χ1n) is 18.4. The first-order valence-corrected chi connectivity index (χ1v) is 18.4. The second-order valence-electron chi connectivity index (χ2n) is 13.6. The van der Waals surface area contributed by atoms with E-state index in [0.717, 1.165) is 16.7 Å². The van der Waals surface area contributed by atoms with Crippen LogP contribution in [0.15, 0.2) is 121 Å².